The van der Waals surface area contributed by atoms with Crippen LogP contribution in [0.2, 0.25) is 0 Å². The van der Waals surface area contributed by atoms with Gasteiger partial charge in [-0.3, -0.25) is 4.79 Å². The molecule has 0 saturated carbocycles. The van der Waals surface area contributed by atoms with E-state index in [9.17, 15) is 14.4 Å². The van der Waals surface area contributed by atoms with Crippen LogP contribution in [0, 0.1) is 5.82 Å². The van der Waals surface area contributed by atoms with E-state index in [1.807, 2.05) is 73.5 Å². The Morgan fingerprint density at radius 1 is 1.07 bits per heavy atom. The number of amidine groups is 1. The number of quaternary nitrogens is 1. The third kappa shape index (κ3) is 5.61. The van der Waals surface area contributed by atoms with Gasteiger partial charge in [0.1, 0.15) is 18.8 Å². The first-order valence-electron chi connectivity index (χ1n) is 14.1. The van der Waals surface area contributed by atoms with Crippen LogP contribution in [0.1, 0.15) is 43.0 Å². The van der Waals surface area contributed by atoms with Gasteiger partial charge in [0, 0.05) is 29.7 Å². The average molecular weight is 593 g/mol. The largest absolute Gasteiger partial charge is 0.371 e. The number of aromatic nitrogens is 1. The van der Waals surface area contributed by atoms with Gasteiger partial charge in [-0.15, -0.1) is 4.74 Å². The number of fused-ring (bicyclic) bond motifs is 1. The quantitative estimate of drug-likeness (QED) is 0.141. The van der Waals surface area contributed by atoms with Crippen molar-refractivity contribution >= 4 is 33.9 Å². The third-order valence-corrected chi connectivity index (χ3v) is 7.56. The fourth-order valence-electron chi connectivity index (χ4n) is 5.33. The molecule has 0 amide bonds. The summed E-state index contributed by atoms with van der Waals surface area (Å²) in [6, 6.07) is 28.0. The highest BCUT2D eigenvalue weighted by Gasteiger charge is 2.31. The lowest BCUT2D eigenvalue weighted by Crippen LogP contribution is -3.03. The summed E-state index contributed by atoms with van der Waals surface area (Å²) in [5.74, 6) is 0.305. The highest BCUT2D eigenvalue weighted by atomic mass is 19.1. The van der Waals surface area contributed by atoms with Crippen LogP contribution in [0.15, 0.2) is 123 Å². The van der Waals surface area contributed by atoms with Gasteiger partial charge in [0.05, 0.1) is 28.5 Å². The molecule has 0 spiro atoms. The number of allylic oxidation sites excluding steroid dienone is 1. The maximum absolute atomic E-state index is 13.8. The van der Waals surface area contributed by atoms with E-state index in [4.69, 9.17) is 19.5 Å². The molecule has 1 aliphatic heterocycles. The van der Waals surface area contributed by atoms with Crippen molar-refractivity contribution in [3.63, 3.8) is 0 Å². The molecule has 0 saturated heterocycles. The van der Waals surface area contributed by atoms with Gasteiger partial charge < -0.3 is 4.52 Å². The fraction of sp³-hybridized carbons (Fsp3) is 0.147. The van der Waals surface area contributed by atoms with Crippen molar-refractivity contribution in [1.82, 2.24) is 9.75 Å². The summed E-state index contributed by atoms with van der Waals surface area (Å²) in [5.41, 5.74) is 5.35. The number of rotatable bonds is 7. The monoisotopic (exact) mass is 592 g/mol. The van der Waals surface area contributed by atoms with Crippen LogP contribution in [0.5, 0.6) is 0 Å². The molecule has 4 aromatic carbocycles. The number of hydrogen-bond acceptors (Lipinski definition) is 6. The number of hydrogen-bond donors (Lipinski definition) is 2. The Kier molecular flexibility index (Phi) is 8.03. The predicted molar refractivity (Wildman–Crippen MR) is 167 cm³/mol. The number of para-hydroxylation sites is 1. The number of aliphatic imine (C=N–C) groups is 1. The average Bonchev–Trinajstić information content (AvgIpc) is 3.66. The molecule has 2 heterocycles. The van der Waals surface area contributed by atoms with Crippen molar-refractivity contribution in [2.24, 2.45) is 10.1 Å². The highest BCUT2D eigenvalue weighted by Crippen LogP contribution is 2.34. The Labute approximate surface area is 252 Å². The van der Waals surface area contributed by atoms with E-state index < -0.39 is 0 Å². The van der Waals surface area contributed by atoms with E-state index in [0.29, 0.717) is 40.3 Å². The summed E-state index contributed by atoms with van der Waals surface area (Å²) in [5, 5.41) is 17.2. The Morgan fingerprint density at radius 3 is 2.59 bits per heavy atom. The molecule has 0 radical (unpaired) electrons. The fourth-order valence-corrected chi connectivity index (χ4v) is 5.33. The van der Waals surface area contributed by atoms with Crippen LogP contribution >= 0.6 is 0 Å². The zero-order valence-corrected chi connectivity index (χ0v) is 24.4. The standard InChI is InChI=1S/C34H30FN5O4/c1-4-30(24-9-7-11-27(19-24)39-34(41)29-13-5-6-14-33(29)44-39)36-22(2)38-32(23-15-17-26(35)18-16-23)21-31(37-38)25-10-8-12-28(20-25)40(42)43-3/h4-20,32,42H,21H2,1-3H3/p+1/b30-4-,36-22?. The lowest BCUT2D eigenvalue weighted by Gasteiger charge is -2.24. The molecule has 222 valence electrons. The van der Waals surface area contributed by atoms with Crippen molar-refractivity contribution in [2.45, 2.75) is 26.3 Å². The zero-order valence-electron chi connectivity index (χ0n) is 24.4. The van der Waals surface area contributed by atoms with E-state index >= 15 is 0 Å². The van der Waals surface area contributed by atoms with Crippen molar-refractivity contribution < 1.29 is 24.2 Å². The van der Waals surface area contributed by atoms with Crippen LogP contribution in [0.3, 0.4) is 0 Å². The van der Waals surface area contributed by atoms with E-state index in [2.05, 4.69) is 0 Å². The molecule has 10 heteroatoms. The molecule has 5 aromatic rings. The van der Waals surface area contributed by atoms with Crippen molar-refractivity contribution in [1.29, 1.82) is 0 Å². The van der Waals surface area contributed by atoms with Crippen LogP contribution in [0.4, 0.5) is 10.1 Å². The molecule has 1 aromatic heterocycles. The molecule has 2 N–H and O–H groups in total. The summed E-state index contributed by atoms with van der Waals surface area (Å²) in [6.07, 6.45) is 2.43. The molecule has 0 bridgehead atoms. The molecule has 2 unspecified atom stereocenters. The lowest BCUT2D eigenvalue weighted by molar-refractivity contribution is -1.19. The first-order chi connectivity index (χ1) is 21.4. The van der Waals surface area contributed by atoms with Crippen LogP contribution in [-0.4, -0.2) is 33.6 Å². The van der Waals surface area contributed by atoms with Crippen LogP contribution in [0.25, 0.3) is 22.4 Å². The molecule has 2 atom stereocenters. The molecule has 0 fully saturated rings. The molecule has 44 heavy (non-hydrogen) atoms. The predicted octanol–water partition coefficient (Wildman–Crippen LogP) is 5.82. The van der Waals surface area contributed by atoms with Gasteiger partial charge in [-0.1, -0.05) is 54.6 Å². The molecule has 6 rings (SSSR count). The number of halogens is 1. The minimum absolute atomic E-state index is 0.181. The Balaban J connectivity index is 1.36. The molecule has 9 nitrogen and oxygen atoms in total. The van der Waals surface area contributed by atoms with Gasteiger partial charge in [-0.2, -0.15) is 15.1 Å². The number of nitrogens with one attached hydrogen (secondary N) is 1. The second-order valence-corrected chi connectivity index (χ2v) is 10.3. The number of nitrogens with zero attached hydrogens (tertiary/aromatic N) is 4. The molecular weight excluding hydrogens is 561 g/mol. The lowest BCUT2D eigenvalue weighted by atomic mass is 9.98. The van der Waals surface area contributed by atoms with Gasteiger partial charge in [0.2, 0.25) is 0 Å². The Hall–Kier alpha value is -5.16. The summed E-state index contributed by atoms with van der Waals surface area (Å²) in [6.45, 7) is 3.77. The number of hydrazone groups is 1. The number of benzene rings is 4. The van der Waals surface area contributed by atoms with E-state index in [0.717, 1.165) is 22.4 Å². The summed E-state index contributed by atoms with van der Waals surface area (Å²) in [4.78, 5) is 23.0. The van der Waals surface area contributed by atoms with Gasteiger partial charge in [-0.25, -0.2) is 14.4 Å². The summed E-state index contributed by atoms with van der Waals surface area (Å²) >= 11 is 0. The maximum Gasteiger partial charge on any atom is 0.295 e. The van der Waals surface area contributed by atoms with E-state index in [-0.39, 0.29) is 22.6 Å². The topological polar surface area (TPSA) is 97.0 Å². The SMILES string of the molecule is C/C=C(\N=C(C)N1N=C(c2cccc([NH+](O)OC)c2)CC1c1ccc(F)cc1)c1cccc(-n2oc3ccccc3c2=O)c1. The summed E-state index contributed by atoms with van der Waals surface area (Å²) < 4.78 is 21.0. The second-order valence-electron chi connectivity index (χ2n) is 10.3. The van der Waals surface area contributed by atoms with Gasteiger partial charge >= 0.3 is 0 Å². The van der Waals surface area contributed by atoms with Crippen LogP contribution < -0.4 is 10.8 Å². The van der Waals surface area contributed by atoms with Gasteiger partial charge in [-0.05, 0) is 61.0 Å². The minimum atomic E-state index is -0.317. The van der Waals surface area contributed by atoms with Crippen molar-refractivity contribution in [2.75, 3.05) is 7.11 Å². The van der Waals surface area contributed by atoms with Crippen molar-refractivity contribution in [3.8, 4) is 5.69 Å². The Morgan fingerprint density at radius 2 is 1.84 bits per heavy atom. The van der Waals surface area contributed by atoms with Crippen molar-refractivity contribution in [3.05, 3.63) is 136 Å². The smallest absolute Gasteiger partial charge is 0.295 e. The van der Waals surface area contributed by atoms with Crippen LogP contribution in [-0.2, 0) is 4.84 Å². The highest BCUT2D eigenvalue weighted by molar-refractivity contribution is 6.04. The maximum atomic E-state index is 13.8. The molecular formula is C34H31FN5O4+. The first kappa shape index (κ1) is 28.9. The Bertz CT molecular complexity index is 1980. The second kappa shape index (κ2) is 12.2. The first-order valence-corrected chi connectivity index (χ1v) is 14.1. The minimum Gasteiger partial charge on any atom is -0.371 e. The van der Waals surface area contributed by atoms with E-state index in [1.54, 1.807) is 36.4 Å². The normalized spacial score (nSPS) is 16.4. The van der Waals surface area contributed by atoms with Gasteiger partial charge in [0.15, 0.2) is 11.3 Å². The molecule has 1 aliphatic rings. The van der Waals surface area contributed by atoms with Gasteiger partial charge in [0.25, 0.3) is 5.56 Å². The zero-order chi connectivity index (χ0) is 30.8. The summed E-state index contributed by atoms with van der Waals surface area (Å²) in [7, 11) is 1.41. The van der Waals surface area contributed by atoms with E-state index in [1.165, 1.54) is 24.0 Å². The molecule has 0 aliphatic carbocycles. The third-order valence-electron chi connectivity index (χ3n) is 7.56.